The molecule has 1 aliphatic heterocycles. The van der Waals surface area contributed by atoms with Gasteiger partial charge in [-0.3, -0.25) is 9.48 Å². The monoisotopic (exact) mass is 265 g/mol. The van der Waals surface area contributed by atoms with Crippen molar-refractivity contribution in [1.29, 1.82) is 0 Å². The molecule has 0 atom stereocenters. The molecular formula is C13H23N5O. The summed E-state index contributed by atoms with van der Waals surface area (Å²) in [5, 5.41) is 7.83. The molecule has 6 nitrogen and oxygen atoms in total. The van der Waals surface area contributed by atoms with Gasteiger partial charge in [0.05, 0.1) is 12.7 Å². The fourth-order valence-electron chi connectivity index (χ4n) is 2.57. The number of likely N-dealkylation sites (tertiary alicyclic amines) is 1. The van der Waals surface area contributed by atoms with Gasteiger partial charge in [0, 0.05) is 19.6 Å². The Labute approximate surface area is 113 Å². The van der Waals surface area contributed by atoms with Crippen LogP contribution in [-0.2, 0) is 6.54 Å². The quantitative estimate of drug-likeness (QED) is 0.871. The smallest absolute Gasteiger partial charge is 0.276 e. The lowest BCUT2D eigenvalue weighted by molar-refractivity contribution is 0.0661. The van der Waals surface area contributed by atoms with Crippen molar-refractivity contribution in [1.82, 2.24) is 19.9 Å². The second kappa shape index (κ2) is 6.14. The summed E-state index contributed by atoms with van der Waals surface area (Å²) in [5.74, 6) is 1.42. The topological polar surface area (TPSA) is 77.0 Å². The van der Waals surface area contributed by atoms with Crippen LogP contribution in [0, 0.1) is 11.8 Å². The van der Waals surface area contributed by atoms with Crippen LogP contribution in [0.2, 0.25) is 0 Å². The molecule has 0 aliphatic carbocycles. The Balaban J connectivity index is 1.93. The van der Waals surface area contributed by atoms with Crippen molar-refractivity contribution in [3.8, 4) is 0 Å². The Bertz CT molecular complexity index is 420. The number of rotatable bonds is 4. The zero-order valence-corrected chi connectivity index (χ0v) is 11.7. The number of hydrogen-bond acceptors (Lipinski definition) is 4. The molecule has 2 heterocycles. The van der Waals surface area contributed by atoms with Crippen molar-refractivity contribution in [3.63, 3.8) is 0 Å². The molecule has 1 aromatic heterocycles. The van der Waals surface area contributed by atoms with Crippen LogP contribution in [-0.4, -0.2) is 45.4 Å². The first-order valence-electron chi connectivity index (χ1n) is 7.01. The Morgan fingerprint density at radius 3 is 2.74 bits per heavy atom. The van der Waals surface area contributed by atoms with E-state index < -0.39 is 0 Å². The van der Waals surface area contributed by atoms with Crippen LogP contribution in [0.1, 0.15) is 37.2 Å². The van der Waals surface area contributed by atoms with Crippen LogP contribution in [0.15, 0.2) is 6.20 Å². The lowest BCUT2D eigenvalue weighted by atomic mass is 9.86. The summed E-state index contributed by atoms with van der Waals surface area (Å²) in [4.78, 5) is 14.2. The molecule has 1 aromatic rings. The van der Waals surface area contributed by atoms with Crippen LogP contribution in [0.4, 0.5) is 0 Å². The fraction of sp³-hybridized carbons (Fsp3) is 0.769. The second-order valence-corrected chi connectivity index (χ2v) is 5.53. The molecule has 19 heavy (non-hydrogen) atoms. The Morgan fingerprint density at radius 2 is 2.16 bits per heavy atom. The van der Waals surface area contributed by atoms with Gasteiger partial charge in [0.2, 0.25) is 0 Å². The summed E-state index contributed by atoms with van der Waals surface area (Å²) in [6, 6.07) is 0. The predicted octanol–water partition coefficient (Wildman–Crippen LogP) is 0.745. The second-order valence-electron chi connectivity index (χ2n) is 5.53. The average molecular weight is 265 g/mol. The molecule has 2 N–H and O–H groups in total. The third-order valence-electron chi connectivity index (χ3n) is 3.89. The van der Waals surface area contributed by atoms with Crippen molar-refractivity contribution in [2.24, 2.45) is 17.6 Å². The first-order valence-corrected chi connectivity index (χ1v) is 7.01. The van der Waals surface area contributed by atoms with Gasteiger partial charge in [-0.15, -0.1) is 5.10 Å². The zero-order valence-electron chi connectivity index (χ0n) is 11.7. The van der Waals surface area contributed by atoms with Crippen LogP contribution in [0.5, 0.6) is 0 Å². The molecular weight excluding hydrogens is 242 g/mol. The van der Waals surface area contributed by atoms with Gasteiger partial charge >= 0.3 is 0 Å². The highest BCUT2D eigenvalue weighted by atomic mass is 16.2. The molecule has 1 amide bonds. The van der Waals surface area contributed by atoms with Crippen LogP contribution in [0.3, 0.4) is 0 Å². The summed E-state index contributed by atoms with van der Waals surface area (Å²) in [5.41, 5.74) is 5.88. The van der Waals surface area contributed by atoms with Gasteiger partial charge < -0.3 is 10.6 Å². The number of carbonyl (C=O) groups excluding carboxylic acids is 1. The van der Waals surface area contributed by atoms with Crippen molar-refractivity contribution in [3.05, 3.63) is 11.9 Å². The maximum atomic E-state index is 12.3. The van der Waals surface area contributed by atoms with E-state index in [0.29, 0.717) is 24.7 Å². The van der Waals surface area contributed by atoms with E-state index in [9.17, 15) is 4.79 Å². The summed E-state index contributed by atoms with van der Waals surface area (Å²) in [6.45, 7) is 7.24. The van der Waals surface area contributed by atoms with Crippen LogP contribution < -0.4 is 5.73 Å². The maximum absolute atomic E-state index is 12.3. The van der Waals surface area contributed by atoms with E-state index in [-0.39, 0.29) is 5.91 Å². The molecule has 1 aliphatic rings. The van der Waals surface area contributed by atoms with E-state index in [0.717, 1.165) is 31.8 Å². The van der Waals surface area contributed by atoms with Crippen molar-refractivity contribution >= 4 is 5.91 Å². The molecule has 0 spiro atoms. The largest absolute Gasteiger partial charge is 0.337 e. The number of nitrogens with zero attached hydrogens (tertiary/aromatic N) is 4. The highest BCUT2D eigenvalue weighted by molar-refractivity contribution is 5.91. The number of aromatic nitrogens is 3. The van der Waals surface area contributed by atoms with Crippen LogP contribution >= 0.6 is 0 Å². The molecule has 106 valence electrons. The molecule has 0 bridgehead atoms. The van der Waals surface area contributed by atoms with E-state index in [2.05, 4.69) is 24.2 Å². The number of amides is 1. The maximum Gasteiger partial charge on any atom is 0.276 e. The molecule has 6 heteroatoms. The highest BCUT2D eigenvalue weighted by Gasteiger charge is 2.26. The molecule has 2 rings (SSSR count). The van der Waals surface area contributed by atoms with Gasteiger partial charge in [0.1, 0.15) is 0 Å². The molecule has 1 saturated heterocycles. The summed E-state index contributed by atoms with van der Waals surface area (Å²) >= 11 is 0. The summed E-state index contributed by atoms with van der Waals surface area (Å²) in [7, 11) is 0. The average Bonchev–Trinajstić information content (AvgIpc) is 2.87. The van der Waals surface area contributed by atoms with E-state index in [1.165, 1.54) is 0 Å². The number of carbonyl (C=O) groups is 1. The Hall–Kier alpha value is -1.43. The first-order chi connectivity index (χ1) is 9.11. The SMILES string of the molecule is CC(C)C1CCN(C(=O)c2cn(CCN)nn2)CC1. The van der Waals surface area contributed by atoms with Crippen LogP contribution in [0.25, 0.3) is 0 Å². The van der Waals surface area contributed by atoms with Gasteiger partial charge in [0.15, 0.2) is 5.69 Å². The molecule has 1 fully saturated rings. The van der Waals surface area contributed by atoms with Gasteiger partial charge in [-0.25, -0.2) is 0 Å². The molecule has 0 unspecified atom stereocenters. The van der Waals surface area contributed by atoms with Crippen molar-refractivity contribution in [2.75, 3.05) is 19.6 Å². The number of hydrogen-bond donors (Lipinski definition) is 1. The molecule has 0 radical (unpaired) electrons. The lowest BCUT2D eigenvalue weighted by Crippen LogP contribution is -2.39. The summed E-state index contributed by atoms with van der Waals surface area (Å²) < 4.78 is 1.62. The van der Waals surface area contributed by atoms with Crippen molar-refractivity contribution in [2.45, 2.75) is 33.2 Å². The third kappa shape index (κ3) is 3.32. The predicted molar refractivity (Wildman–Crippen MR) is 72.5 cm³/mol. The zero-order chi connectivity index (χ0) is 13.8. The van der Waals surface area contributed by atoms with E-state index in [4.69, 9.17) is 5.73 Å². The lowest BCUT2D eigenvalue weighted by Gasteiger charge is -2.33. The van der Waals surface area contributed by atoms with Crippen molar-refractivity contribution < 1.29 is 4.79 Å². The van der Waals surface area contributed by atoms with E-state index >= 15 is 0 Å². The molecule has 0 saturated carbocycles. The highest BCUT2D eigenvalue weighted by Crippen LogP contribution is 2.24. The number of piperidine rings is 1. The normalized spacial score (nSPS) is 17.2. The summed E-state index contributed by atoms with van der Waals surface area (Å²) in [6.07, 6.45) is 3.85. The fourth-order valence-corrected chi connectivity index (χ4v) is 2.57. The van der Waals surface area contributed by atoms with Gasteiger partial charge in [-0.2, -0.15) is 0 Å². The Kier molecular flexibility index (Phi) is 4.52. The minimum atomic E-state index is -0.00882. The molecule has 0 aromatic carbocycles. The van der Waals surface area contributed by atoms with Gasteiger partial charge in [-0.05, 0) is 24.7 Å². The minimum absolute atomic E-state index is 0.00882. The third-order valence-corrected chi connectivity index (χ3v) is 3.89. The van der Waals surface area contributed by atoms with E-state index in [1.807, 2.05) is 4.90 Å². The minimum Gasteiger partial charge on any atom is -0.337 e. The van der Waals surface area contributed by atoms with E-state index in [1.54, 1.807) is 10.9 Å². The van der Waals surface area contributed by atoms with Gasteiger partial charge in [-0.1, -0.05) is 19.1 Å². The van der Waals surface area contributed by atoms with Gasteiger partial charge in [0.25, 0.3) is 5.91 Å². The first kappa shape index (κ1) is 14.0. The number of nitrogens with two attached hydrogens (primary N) is 1. The Morgan fingerprint density at radius 1 is 1.47 bits per heavy atom. The standard InChI is InChI=1S/C13H23N5O/c1-10(2)11-3-6-17(7-4-11)13(19)12-9-18(8-5-14)16-15-12/h9-11H,3-8,14H2,1-2H3.